The molecule has 3 nitrogen and oxygen atoms in total. The standard InChI is InChI=1S/C14H15Cl2N3/c1-8-4-9(2)6-10(5-8)19(3)14-12(16)7-11(15)13(17)18-14/h4-7H,1-3H3,(H2,17,18). The van der Waals surface area contributed by atoms with Gasteiger partial charge in [0, 0.05) is 12.7 Å². The maximum absolute atomic E-state index is 6.18. The predicted octanol–water partition coefficient (Wildman–Crippen LogP) is 4.36. The Labute approximate surface area is 123 Å². The third-order valence-corrected chi connectivity index (χ3v) is 3.43. The van der Waals surface area contributed by atoms with E-state index in [2.05, 4.69) is 37.0 Å². The maximum Gasteiger partial charge on any atom is 0.154 e. The van der Waals surface area contributed by atoms with Crippen molar-refractivity contribution in [2.24, 2.45) is 0 Å². The highest BCUT2D eigenvalue weighted by Gasteiger charge is 2.13. The van der Waals surface area contributed by atoms with E-state index >= 15 is 0 Å². The van der Waals surface area contributed by atoms with Gasteiger partial charge in [-0.3, -0.25) is 0 Å². The molecule has 0 saturated heterocycles. The highest BCUT2D eigenvalue weighted by Crippen LogP contribution is 2.33. The number of halogens is 2. The molecular formula is C14H15Cl2N3. The third-order valence-electron chi connectivity index (χ3n) is 2.85. The van der Waals surface area contributed by atoms with E-state index in [1.807, 2.05) is 11.9 Å². The van der Waals surface area contributed by atoms with Gasteiger partial charge < -0.3 is 10.6 Å². The summed E-state index contributed by atoms with van der Waals surface area (Å²) in [5, 5.41) is 0.837. The van der Waals surface area contributed by atoms with E-state index in [1.54, 1.807) is 6.07 Å². The average Bonchev–Trinajstić information content (AvgIpc) is 2.31. The van der Waals surface area contributed by atoms with E-state index in [0.717, 1.165) is 5.69 Å². The van der Waals surface area contributed by atoms with Crippen LogP contribution in [0.3, 0.4) is 0 Å². The fraction of sp³-hybridized carbons (Fsp3) is 0.214. The number of anilines is 3. The molecule has 0 bridgehead atoms. The van der Waals surface area contributed by atoms with Crippen LogP contribution in [0.5, 0.6) is 0 Å². The van der Waals surface area contributed by atoms with Crippen LogP contribution in [0.4, 0.5) is 17.3 Å². The molecule has 19 heavy (non-hydrogen) atoms. The highest BCUT2D eigenvalue weighted by molar-refractivity contribution is 6.37. The minimum absolute atomic E-state index is 0.275. The largest absolute Gasteiger partial charge is 0.382 e. The molecule has 0 amide bonds. The zero-order valence-electron chi connectivity index (χ0n) is 11.0. The maximum atomic E-state index is 6.18. The summed E-state index contributed by atoms with van der Waals surface area (Å²) in [6, 6.07) is 7.86. The van der Waals surface area contributed by atoms with Crippen molar-refractivity contribution in [1.29, 1.82) is 0 Å². The van der Waals surface area contributed by atoms with Crippen LogP contribution in [0.15, 0.2) is 24.3 Å². The van der Waals surface area contributed by atoms with Gasteiger partial charge in [0.1, 0.15) is 5.82 Å². The fourth-order valence-electron chi connectivity index (χ4n) is 1.97. The van der Waals surface area contributed by atoms with Crippen LogP contribution in [0.1, 0.15) is 11.1 Å². The number of benzene rings is 1. The molecule has 0 radical (unpaired) electrons. The number of rotatable bonds is 2. The Morgan fingerprint density at radius 1 is 1.00 bits per heavy atom. The lowest BCUT2D eigenvalue weighted by molar-refractivity contribution is 1.12. The summed E-state index contributed by atoms with van der Waals surface area (Å²) in [5.74, 6) is 0.867. The molecule has 0 saturated carbocycles. The van der Waals surface area contributed by atoms with Gasteiger partial charge in [-0.05, 0) is 43.2 Å². The van der Waals surface area contributed by atoms with Gasteiger partial charge in [0.05, 0.1) is 10.0 Å². The fourth-order valence-corrected chi connectivity index (χ4v) is 2.46. The number of hydrogen-bond acceptors (Lipinski definition) is 3. The number of nitrogen functional groups attached to an aromatic ring is 1. The van der Waals surface area contributed by atoms with Crippen molar-refractivity contribution in [2.45, 2.75) is 13.8 Å². The smallest absolute Gasteiger partial charge is 0.154 e. The number of aromatic nitrogens is 1. The molecule has 2 rings (SSSR count). The second-order valence-electron chi connectivity index (χ2n) is 4.57. The van der Waals surface area contributed by atoms with E-state index in [1.165, 1.54) is 11.1 Å². The molecule has 0 aliphatic rings. The Morgan fingerprint density at radius 2 is 1.58 bits per heavy atom. The topological polar surface area (TPSA) is 42.2 Å². The quantitative estimate of drug-likeness (QED) is 0.895. The van der Waals surface area contributed by atoms with Crippen molar-refractivity contribution in [3.8, 4) is 0 Å². The Kier molecular flexibility index (Phi) is 3.88. The van der Waals surface area contributed by atoms with Crippen molar-refractivity contribution >= 4 is 40.5 Å². The van der Waals surface area contributed by atoms with Gasteiger partial charge in [-0.1, -0.05) is 29.3 Å². The van der Waals surface area contributed by atoms with Crippen LogP contribution in [0, 0.1) is 13.8 Å². The molecule has 100 valence electrons. The van der Waals surface area contributed by atoms with Crippen LogP contribution in [0.25, 0.3) is 0 Å². The Hall–Kier alpha value is -1.45. The van der Waals surface area contributed by atoms with Crippen LogP contribution in [-0.4, -0.2) is 12.0 Å². The molecule has 0 aliphatic heterocycles. The molecule has 1 heterocycles. The summed E-state index contributed by atoms with van der Waals surface area (Å²) in [6.45, 7) is 4.10. The van der Waals surface area contributed by atoms with E-state index in [4.69, 9.17) is 28.9 Å². The molecule has 1 aromatic heterocycles. The molecule has 2 aromatic rings. The summed E-state index contributed by atoms with van der Waals surface area (Å²) in [5.41, 5.74) is 9.11. The van der Waals surface area contributed by atoms with Crippen molar-refractivity contribution in [2.75, 3.05) is 17.7 Å². The second-order valence-corrected chi connectivity index (χ2v) is 5.38. The van der Waals surface area contributed by atoms with Gasteiger partial charge in [-0.2, -0.15) is 0 Å². The van der Waals surface area contributed by atoms with E-state index in [9.17, 15) is 0 Å². The molecule has 0 aliphatic carbocycles. The van der Waals surface area contributed by atoms with Gasteiger partial charge in [-0.15, -0.1) is 0 Å². The van der Waals surface area contributed by atoms with Crippen molar-refractivity contribution < 1.29 is 0 Å². The first-order valence-electron chi connectivity index (χ1n) is 5.82. The first-order chi connectivity index (χ1) is 8.88. The van der Waals surface area contributed by atoms with E-state index in [-0.39, 0.29) is 5.82 Å². The Balaban J connectivity index is 2.49. The van der Waals surface area contributed by atoms with Crippen LogP contribution in [-0.2, 0) is 0 Å². The zero-order valence-corrected chi connectivity index (χ0v) is 12.5. The average molecular weight is 296 g/mol. The van der Waals surface area contributed by atoms with Crippen molar-refractivity contribution in [3.05, 3.63) is 45.4 Å². The molecule has 1 aromatic carbocycles. The summed E-state index contributed by atoms with van der Waals surface area (Å²) in [4.78, 5) is 6.15. The highest BCUT2D eigenvalue weighted by atomic mass is 35.5. The number of pyridine rings is 1. The van der Waals surface area contributed by atoms with Gasteiger partial charge in [0.2, 0.25) is 0 Å². The molecule has 0 atom stereocenters. The molecular weight excluding hydrogens is 281 g/mol. The summed E-state index contributed by atoms with van der Waals surface area (Å²) >= 11 is 12.1. The number of nitrogens with zero attached hydrogens (tertiary/aromatic N) is 2. The third kappa shape index (κ3) is 2.94. The second kappa shape index (κ2) is 5.27. The molecule has 5 heteroatoms. The van der Waals surface area contributed by atoms with E-state index in [0.29, 0.717) is 15.9 Å². The lowest BCUT2D eigenvalue weighted by Crippen LogP contribution is -2.13. The van der Waals surface area contributed by atoms with Gasteiger partial charge >= 0.3 is 0 Å². The van der Waals surface area contributed by atoms with Gasteiger partial charge in [0.25, 0.3) is 0 Å². The minimum Gasteiger partial charge on any atom is -0.382 e. The predicted molar refractivity (Wildman–Crippen MR) is 82.6 cm³/mol. The normalized spacial score (nSPS) is 10.6. The molecule has 0 fully saturated rings. The van der Waals surface area contributed by atoms with Crippen LogP contribution < -0.4 is 10.6 Å². The zero-order chi connectivity index (χ0) is 14.2. The Bertz CT molecular complexity index is 606. The van der Waals surface area contributed by atoms with Crippen LogP contribution >= 0.6 is 23.2 Å². The lowest BCUT2D eigenvalue weighted by Gasteiger charge is -2.21. The summed E-state index contributed by atoms with van der Waals surface area (Å²) in [7, 11) is 1.90. The molecule has 2 N–H and O–H groups in total. The van der Waals surface area contributed by atoms with Crippen LogP contribution in [0.2, 0.25) is 10.0 Å². The monoisotopic (exact) mass is 295 g/mol. The number of aryl methyl sites for hydroxylation is 2. The first-order valence-corrected chi connectivity index (χ1v) is 6.57. The van der Waals surface area contributed by atoms with Gasteiger partial charge in [0.15, 0.2) is 5.82 Å². The minimum atomic E-state index is 0.275. The first kappa shape index (κ1) is 14.0. The number of hydrogen-bond donors (Lipinski definition) is 1. The lowest BCUT2D eigenvalue weighted by atomic mass is 10.1. The molecule has 0 spiro atoms. The Morgan fingerprint density at radius 3 is 2.16 bits per heavy atom. The van der Waals surface area contributed by atoms with Crippen molar-refractivity contribution in [1.82, 2.24) is 4.98 Å². The SMILES string of the molecule is Cc1cc(C)cc(N(C)c2nc(N)c(Cl)cc2Cl)c1. The number of nitrogens with two attached hydrogens (primary N) is 1. The molecule has 0 unspecified atom stereocenters. The summed E-state index contributed by atoms with van der Waals surface area (Å²) < 4.78 is 0. The van der Waals surface area contributed by atoms with Crippen molar-refractivity contribution in [3.63, 3.8) is 0 Å². The van der Waals surface area contributed by atoms with Gasteiger partial charge in [-0.25, -0.2) is 4.98 Å². The summed E-state index contributed by atoms with van der Waals surface area (Å²) in [6.07, 6.45) is 0. The van der Waals surface area contributed by atoms with E-state index < -0.39 is 0 Å².